The Morgan fingerprint density at radius 3 is 2.53 bits per heavy atom. The van der Waals surface area contributed by atoms with E-state index >= 15 is 0 Å². The van der Waals surface area contributed by atoms with Crippen LogP contribution in [0.25, 0.3) is 0 Å². The third kappa shape index (κ3) is 3.56. The van der Waals surface area contributed by atoms with Crippen molar-refractivity contribution in [2.75, 3.05) is 5.32 Å². The molecule has 0 radical (unpaired) electrons. The Balaban J connectivity index is 2.11. The number of carboxylic acid groups (broad SMARTS) is 1. The van der Waals surface area contributed by atoms with Gasteiger partial charge in [0, 0.05) is 10.4 Å². The Bertz CT molecular complexity index is 495. The minimum Gasteiger partial charge on any atom is -0.478 e. The number of carboxylic acids is 1. The van der Waals surface area contributed by atoms with E-state index in [0.717, 1.165) is 25.7 Å². The summed E-state index contributed by atoms with van der Waals surface area (Å²) in [4.78, 5) is 23.0. The van der Waals surface area contributed by atoms with Crippen LogP contribution in [-0.4, -0.2) is 17.0 Å². The molecule has 0 spiro atoms. The lowest BCUT2D eigenvalue weighted by molar-refractivity contribution is -0.120. The highest BCUT2D eigenvalue weighted by atomic mass is 79.9. The van der Waals surface area contributed by atoms with E-state index in [1.165, 1.54) is 18.6 Å². The van der Waals surface area contributed by atoms with E-state index in [-0.39, 0.29) is 17.4 Å². The molecular formula is C14H16BrNO3. The van der Waals surface area contributed by atoms with Crippen molar-refractivity contribution < 1.29 is 14.7 Å². The number of aromatic carboxylic acids is 1. The summed E-state index contributed by atoms with van der Waals surface area (Å²) < 4.78 is 0.696. The van der Waals surface area contributed by atoms with Crippen molar-refractivity contribution in [3.05, 3.63) is 28.2 Å². The Kier molecular flexibility index (Phi) is 4.58. The van der Waals surface area contributed by atoms with Gasteiger partial charge < -0.3 is 10.4 Å². The first-order valence-electron chi connectivity index (χ1n) is 6.41. The molecule has 1 aliphatic rings. The Morgan fingerprint density at radius 1 is 1.21 bits per heavy atom. The highest BCUT2D eigenvalue weighted by Crippen LogP contribution is 2.28. The summed E-state index contributed by atoms with van der Waals surface area (Å²) in [5.74, 6) is -0.960. The topological polar surface area (TPSA) is 66.4 Å². The zero-order valence-electron chi connectivity index (χ0n) is 10.5. The van der Waals surface area contributed by atoms with Crippen molar-refractivity contribution in [3.8, 4) is 0 Å². The number of anilines is 1. The smallest absolute Gasteiger partial charge is 0.335 e. The van der Waals surface area contributed by atoms with Crippen LogP contribution < -0.4 is 5.32 Å². The maximum atomic E-state index is 12.1. The molecule has 1 aromatic carbocycles. The maximum absolute atomic E-state index is 12.1. The van der Waals surface area contributed by atoms with E-state index in [1.54, 1.807) is 6.07 Å². The summed E-state index contributed by atoms with van der Waals surface area (Å²) >= 11 is 3.32. The van der Waals surface area contributed by atoms with Crippen LogP contribution in [0.15, 0.2) is 22.7 Å². The zero-order valence-corrected chi connectivity index (χ0v) is 12.1. The number of carbonyl (C=O) groups is 2. The van der Waals surface area contributed by atoms with Crippen molar-refractivity contribution in [1.29, 1.82) is 0 Å². The molecular weight excluding hydrogens is 310 g/mol. The summed E-state index contributed by atoms with van der Waals surface area (Å²) in [7, 11) is 0. The van der Waals surface area contributed by atoms with Gasteiger partial charge in [0.2, 0.25) is 5.91 Å². The number of amides is 1. The van der Waals surface area contributed by atoms with Crippen molar-refractivity contribution in [2.24, 2.45) is 5.92 Å². The predicted molar refractivity (Wildman–Crippen MR) is 76.3 cm³/mol. The van der Waals surface area contributed by atoms with Crippen molar-refractivity contribution in [2.45, 2.75) is 32.1 Å². The number of halogens is 1. The van der Waals surface area contributed by atoms with Crippen LogP contribution in [0.5, 0.6) is 0 Å². The van der Waals surface area contributed by atoms with Gasteiger partial charge in [-0.25, -0.2) is 4.79 Å². The van der Waals surface area contributed by atoms with Crippen LogP contribution in [0.1, 0.15) is 42.5 Å². The second-order valence-electron chi connectivity index (χ2n) is 4.82. The lowest BCUT2D eigenvalue weighted by Crippen LogP contribution is -2.25. The molecule has 1 saturated carbocycles. The van der Waals surface area contributed by atoms with E-state index in [2.05, 4.69) is 21.2 Å². The van der Waals surface area contributed by atoms with Crippen LogP contribution in [0, 0.1) is 5.92 Å². The van der Waals surface area contributed by atoms with Gasteiger partial charge in [0.15, 0.2) is 0 Å². The lowest BCUT2D eigenvalue weighted by Gasteiger charge is -2.21. The fourth-order valence-corrected chi connectivity index (χ4v) is 2.70. The molecule has 1 aromatic rings. The summed E-state index contributed by atoms with van der Waals surface area (Å²) in [6.45, 7) is 0. The number of rotatable bonds is 3. The van der Waals surface area contributed by atoms with E-state index in [9.17, 15) is 9.59 Å². The van der Waals surface area contributed by atoms with Crippen LogP contribution in [0.3, 0.4) is 0 Å². The SMILES string of the molecule is O=C(O)c1ccc(Br)c(NC(=O)C2CCCCC2)c1. The summed E-state index contributed by atoms with van der Waals surface area (Å²) in [6.07, 6.45) is 5.22. The van der Waals surface area contributed by atoms with Crippen molar-refractivity contribution in [1.82, 2.24) is 0 Å². The molecule has 0 saturated heterocycles. The van der Waals surface area contributed by atoms with Crippen molar-refractivity contribution >= 4 is 33.5 Å². The first-order chi connectivity index (χ1) is 9.08. The fraction of sp³-hybridized carbons (Fsp3) is 0.429. The highest BCUT2D eigenvalue weighted by Gasteiger charge is 2.21. The summed E-state index contributed by atoms with van der Waals surface area (Å²) in [6, 6.07) is 4.62. The van der Waals surface area contributed by atoms with Gasteiger partial charge in [-0.05, 0) is 47.0 Å². The molecule has 1 fully saturated rings. The molecule has 0 aliphatic heterocycles. The molecule has 2 N–H and O–H groups in total. The number of hydrogen-bond acceptors (Lipinski definition) is 2. The monoisotopic (exact) mass is 325 g/mol. The molecule has 4 nitrogen and oxygen atoms in total. The molecule has 0 bridgehead atoms. The Morgan fingerprint density at radius 2 is 1.89 bits per heavy atom. The zero-order chi connectivity index (χ0) is 13.8. The number of hydrogen-bond donors (Lipinski definition) is 2. The maximum Gasteiger partial charge on any atom is 0.335 e. The standard InChI is InChI=1S/C14H16BrNO3/c15-11-7-6-10(14(18)19)8-12(11)16-13(17)9-4-2-1-3-5-9/h6-9H,1-5H2,(H,16,17)(H,18,19). The molecule has 1 aliphatic carbocycles. The van der Waals surface area contributed by atoms with E-state index in [1.807, 2.05) is 0 Å². The van der Waals surface area contributed by atoms with Gasteiger partial charge in [0.25, 0.3) is 0 Å². The van der Waals surface area contributed by atoms with Crippen molar-refractivity contribution in [3.63, 3.8) is 0 Å². The summed E-state index contributed by atoms with van der Waals surface area (Å²) in [5.41, 5.74) is 0.692. The summed E-state index contributed by atoms with van der Waals surface area (Å²) in [5, 5.41) is 11.8. The molecule has 5 heteroatoms. The highest BCUT2D eigenvalue weighted by molar-refractivity contribution is 9.10. The average molecular weight is 326 g/mol. The Hall–Kier alpha value is -1.36. The minimum absolute atomic E-state index is 0.0112. The van der Waals surface area contributed by atoms with Crippen LogP contribution >= 0.6 is 15.9 Å². The van der Waals surface area contributed by atoms with Crippen LogP contribution in [0.2, 0.25) is 0 Å². The molecule has 0 aromatic heterocycles. The van der Waals surface area contributed by atoms with E-state index in [0.29, 0.717) is 10.2 Å². The molecule has 0 heterocycles. The third-order valence-corrected chi connectivity index (χ3v) is 4.14. The second kappa shape index (κ2) is 6.19. The molecule has 0 atom stereocenters. The van der Waals surface area contributed by atoms with Gasteiger partial charge >= 0.3 is 5.97 Å². The lowest BCUT2D eigenvalue weighted by atomic mass is 9.88. The average Bonchev–Trinajstić information content (AvgIpc) is 2.42. The van der Waals surface area contributed by atoms with Gasteiger partial charge in [-0.2, -0.15) is 0 Å². The fourth-order valence-electron chi connectivity index (χ4n) is 2.35. The van der Waals surface area contributed by atoms with E-state index in [4.69, 9.17) is 5.11 Å². The predicted octanol–water partition coefficient (Wildman–Crippen LogP) is 3.67. The molecule has 0 unspecified atom stereocenters. The quantitative estimate of drug-likeness (QED) is 0.891. The van der Waals surface area contributed by atoms with Crippen LogP contribution in [0.4, 0.5) is 5.69 Å². The van der Waals surface area contributed by atoms with Gasteiger partial charge in [-0.15, -0.1) is 0 Å². The van der Waals surface area contributed by atoms with Crippen LogP contribution in [-0.2, 0) is 4.79 Å². The minimum atomic E-state index is -0.999. The Labute approximate surface area is 120 Å². The second-order valence-corrected chi connectivity index (χ2v) is 5.68. The van der Waals surface area contributed by atoms with Gasteiger partial charge in [0.05, 0.1) is 11.3 Å². The molecule has 19 heavy (non-hydrogen) atoms. The normalized spacial score (nSPS) is 16.1. The number of benzene rings is 1. The molecule has 1 amide bonds. The first kappa shape index (κ1) is 14.1. The largest absolute Gasteiger partial charge is 0.478 e. The molecule has 2 rings (SSSR count). The number of carbonyl (C=O) groups excluding carboxylic acids is 1. The number of nitrogens with one attached hydrogen (secondary N) is 1. The van der Waals surface area contributed by atoms with Gasteiger partial charge in [-0.3, -0.25) is 4.79 Å². The molecule has 102 valence electrons. The first-order valence-corrected chi connectivity index (χ1v) is 7.21. The van der Waals surface area contributed by atoms with E-state index < -0.39 is 5.97 Å². The van der Waals surface area contributed by atoms with Gasteiger partial charge in [0.1, 0.15) is 0 Å². The third-order valence-electron chi connectivity index (χ3n) is 3.45. The van der Waals surface area contributed by atoms with Gasteiger partial charge in [-0.1, -0.05) is 19.3 Å².